The fourth-order valence-corrected chi connectivity index (χ4v) is 1.98. The van der Waals surface area contributed by atoms with Crippen LogP contribution < -0.4 is 0 Å². The van der Waals surface area contributed by atoms with E-state index in [4.69, 9.17) is 0 Å². The molecule has 0 aromatic carbocycles. The first kappa shape index (κ1) is 13.5. The lowest BCUT2D eigenvalue weighted by molar-refractivity contribution is 0.0989. The third kappa shape index (κ3) is 2.57. The van der Waals surface area contributed by atoms with Gasteiger partial charge in [0.1, 0.15) is 0 Å². The lowest BCUT2D eigenvalue weighted by Crippen LogP contribution is -2.25. The van der Waals surface area contributed by atoms with Crippen LogP contribution in [-0.2, 0) is 0 Å². The Hall–Kier alpha value is -0.560. The Kier molecular flexibility index (Phi) is 3.69. The second kappa shape index (κ2) is 4.37. The second-order valence-corrected chi connectivity index (χ2v) is 6.31. The van der Waals surface area contributed by atoms with Crippen LogP contribution in [0.2, 0.25) is 0 Å². The molecule has 1 N–H and O–H groups in total. The molecule has 1 heteroatoms. The molecular formula is C15H26O. The van der Waals surface area contributed by atoms with Gasteiger partial charge in [0, 0.05) is 5.41 Å². The lowest BCUT2D eigenvalue weighted by Gasteiger charge is -2.29. The van der Waals surface area contributed by atoms with Gasteiger partial charge in [-0.3, -0.25) is 0 Å². The van der Waals surface area contributed by atoms with Gasteiger partial charge in [-0.25, -0.2) is 0 Å². The summed E-state index contributed by atoms with van der Waals surface area (Å²) >= 11 is 0. The Morgan fingerprint density at radius 3 is 2.44 bits per heavy atom. The molecule has 0 saturated carbocycles. The highest BCUT2D eigenvalue weighted by Gasteiger charge is 2.33. The predicted molar refractivity (Wildman–Crippen MR) is 70.2 cm³/mol. The molecule has 0 amide bonds. The van der Waals surface area contributed by atoms with Gasteiger partial charge in [-0.05, 0) is 31.6 Å². The van der Waals surface area contributed by atoms with E-state index in [2.05, 4.69) is 52.8 Å². The van der Waals surface area contributed by atoms with Gasteiger partial charge in [-0.1, -0.05) is 51.5 Å². The first-order chi connectivity index (χ1) is 7.18. The normalized spacial score (nSPS) is 27.2. The zero-order chi connectivity index (χ0) is 12.6. The van der Waals surface area contributed by atoms with Gasteiger partial charge in [0.25, 0.3) is 0 Å². The SMILES string of the molecule is CC1=CC[C@H](C=CC(C)(C)[C@H](C)O)C1(C)C. The molecule has 0 aliphatic heterocycles. The highest BCUT2D eigenvalue weighted by Crippen LogP contribution is 2.44. The second-order valence-electron chi connectivity index (χ2n) is 6.31. The fourth-order valence-electron chi connectivity index (χ4n) is 1.98. The molecule has 2 atom stereocenters. The van der Waals surface area contributed by atoms with Crippen LogP contribution in [0.25, 0.3) is 0 Å². The first-order valence-electron chi connectivity index (χ1n) is 6.22. The van der Waals surface area contributed by atoms with Crippen molar-refractivity contribution in [3.63, 3.8) is 0 Å². The largest absolute Gasteiger partial charge is 0.393 e. The van der Waals surface area contributed by atoms with E-state index in [1.165, 1.54) is 5.57 Å². The van der Waals surface area contributed by atoms with E-state index in [9.17, 15) is 5.11 Å². The average molecular weight is 222 g/mol. The topological polar surface area (TPSA) is 20.2 Å². The van der Waals surface area contributed by atoms with Crippen LogP contribution in [0.1, 0.15) is 48.0 Å². The minimum atomic E-state index is -0.303. The maximum Gasteiger partial charge on any atom is 0.0597 e. The van der Waals surface area contributed by atoms with Crippen molar-refractivity contribution in [1.82, 2.24) is 0 Å². The molecule has 1 aliphatic carbocycles. The van der Waals surface area contributed by atoms with Crippen molar-refractivity contribution >= 4 is 0 Å². The van der Waals surface area contributed by atoms with Crippen LogP contribution in [0.4, 0.5) is 0 Å². The van der Waals surface area contributed by atoms with E-state index in [0.717, 1.165) is 6.42 Å². The van der Waals surface area contributed by atoms with E-state index in [1.54, 1.807) is 0 Å². The molecule has 1 aliphatic rings. The fraction of sp³-hybridized carbons (Fsp3) is 0.733. The molecule has 0 aromatic heterocycles. The number of hydrogen-bond donors (Lipinski definition) is 1. The predicted octanol–water partition coefficient (Wildman–Crippen LogP) is 3.94. The molecule has 1 nitrogen and oxygen atoms in total. The van der Waals surface area contributed by atoms with Crippen LogP contribution in [-0.4, -0.2) is 11.2 Å². The van der Waals surface area contributed by atoms with Gasteiger partial charge in [-0.2, -0.15) is 0 Å². The summed E-state index contributed by atoms with van der Waals surface area (Å²) in [6, 6.07) is 0. The summed E-state index contributed by atoms with van der Waals surface area (Å²) in [5.41, 5.74) is 1.62. The van der Waals surface area contributed by atoms with Crippen LogP contribution in [0, 0.1) is 16.7 Å². The summed E-state index contributed by atoms with van der Waals surface area (Å²) in [6.45, 7) is 12.8. The molecule has 1 rings (SSSR count). The van der Waals surface area contributed by atoms with Crippen molar-refractivity contribution in [2.24, 2.45) is 16.7 Å². The molecular weight excluding hydrogens is 196 g/mol. The lowest BCUT2D eigenvalue weighted by atomic mass is 9.76. The maximum absolute atomic E-state index is 9.67. The number of rotatable bonds is 3. The molecule has 0 radical (unpaired) electrons. The maximum atomic E-state index is 9.67. The van der Waals surface area contributed by atoms with E-state index in [1.807, 2.05) is 6.92 Å². The van der Waals surface area contributed by atoms with Gasteiger partial charge in [0.2, 0.25) is 0 Å². The van der Waals surface area contributed by atoms with Crippen molar-refractivity contribution in [3.8, 4) is 0 Å². The summed E-state index contributed by atoms with van der Waals surface area (Å²) in [6.07, 6.45) is 7.63. The summed E-state index contributed by atoms with van der Waals surface area (Å²) in [4.78, 5) is 0. The Morgan fingerprint density at radius 1 is 1.50 bits per heavy atom. The van der Waals surface area contributed by atoms with E-state index in [0.29, 0.717) is 5.92 Å². The van der Waals surface area contributed by atoms with Gasteiger partial charge in [-0.15, -0.1) is 0 Å². The minimum Gasteiger partial charge on any atom is -0.393 e. The van der Waals surface area contributed by atoms with Crippen molar-refractivity contribution in [1.29, 1.82) is 0 Å². The average Bonchev–Trinajstić information content (AvgIpc) is 2.39. The summed E-state index contributed by atoms with van der Waals surface area (Å²) in [7, 11) is 0. The minimum absolute atomic E-state index is 0.132. The Labute approximate surface area is 100 Å². The van der Waals surface area contributed by atoms with E-state index >= 15 is 0 Å². The zero-order valence-electron chi connectivity index (χ0n) is 11.5. The van der Waals surface area contributed by atoms with Crippen molar-refractivity contribution in [3.05, 3.63) is 23.8 Å². The van der Waals surface area contributed by atoms with Gasteiger partial charge >= 0.3 is 0 Å². The monoisotopic (exact) mass is 222 g/mol. The van der Waals surface area contributed by atoms with Gasteiger partial charge in [0.05, 0.1) is 6.10 Å². The smallest absolute Gasteiger partial charge is 0.0597 e. The highest BCUT2D eigenvalue weighted by atomic mass is 16.3. The van der Waals surface area contributed by atoms with E-state index in [-0.39, 0.29) is 16.9 Å². The molecule has 0 unspecified atom stereocenters. The molecule has 0 spiro atoms. The summed E-state index contributed by atoms with van der Waals surface area (Å²) in [5.74, 6) is 0.575. The quantitative estimate of drug-likeness (QED) is 0.717. The number of aliphatic hydroxyl groups is 1. The third-order valence-corrected chi connectivity index (χ3v) is 4.46. The van der Waals surface area contributed by atoms with Crippen molar-refractivity contribution < 1.29 is 5.11 Å². The van der Waals surface area contributed by atoms with Crippen LogP contribution in [0.3, 0.4) is 0 Å². The number of hydrogen-bond acceptors (Lipinski definition) is 1. The third-order valence-electron chi connectivity index (χ3n) is 4.46. The van der Waals surface area contributed by atoms with Gasteiger partial charge in [0.15, 0.2) is 0 Å². The van der Waals surface area contributed by atoms with E-state index < -0.39 is 0 Å². The van der Waals surface area contributed by atoms with Crippen molar-refractivity contribution in [2.75, 3.05) is 0 Å². The number of aliphatic hydroxyl groups excluding tert-OH is 1. The Bertz CT molecular complexity index is 305. The summed E-state index contributed by atoms with van der Waals surface area (Å²) in [5, 5.41) is 9.67. The van der Waals surface area contributed by atoms with Crippen LogP contribution >= 0.6 is 0 Å². The number of allylic oxidation sites excluding steroid dienone is 3. The molecule has 0 bridgehead atoms. The molecule has 0 heterocycles. The Balaban J connectivity index is 2.74. The molecule has 0 saturated heterocycles. The zero-order valence-corrected chi connectivity index (χ0v) is 11.5. The molecule has 92 valence electrons. The summed E-state index contributed by atoms with van der Waals surface area (Å²) < 4.78 is 0. The van der Waals surface area contributed by atoms with Gasteiger partial charge < -0.3 is 5.11 Å². The van der Waals surface area contributed by atoms with Crippen LogP contribution in [0.5, 0.6) is 0 Å². The van der Waals surface area contributed by atoms with Crippen LogP contribution in [0.15, 0.2) is 23.8 Å². The molecule has 16 heavy (non-hydrogen) atoms. The Morgan fingerprint density at radius 2 is 2.06 bits per heavy atom. The first-order valence-corrected chi connectivity index (χ1v) is 6.22. The molecule has 0 fully saturated rings. The highest BCUT2D eigenvalue weighted by molar-refractivity contribution is 5.22. The molecule has 0 aromatic rings. The van der Waals surface area contributed by atoms with Crippen molar-refractivity contribution in [2.45, 2.75) is 54.1 Å². The standard InChI is InChI=1S/C15H26O/c1-11-7-8-13(15(11,5)6)9-10-14(3,4)12(2)16/h7,9-10,12-13,16H,8H2,1-6H3/t12-,13+/m0/s1.